The molecule has 10 heavy (non-hydrogen) atoms. The van der Waals surface area contributed by atoms with Crippen molar-refractivity contribution in [2.75, 3.05) is 0 Å². The zero-order valence-corrected chi connectivity index (χ0v) is 7.09. The zero-order valence-electron chi connectivity index (χ0n) is 7.09. The average Bonchev–Trinajstić information content (AvgIpc) is 1.87. The molecule has 0 saturated carbocycles. The van der Waals surface area contributed by atoms with E-state index < -0.39 is 0 Å². The summed E-state index contributed by atoms with van der Waals surface area (Å²) in [6, 6.07) is 0. The molecule has 0 amide bonds. The number of rotatable bonds is 3. The summed E-state index contributed by atoms with van der Waals surface area (Å²) in [5, 5.41) is 0. The molecular formula is C9H17N. The third-order valence-electron chi connectivity index (χ3n) is 1.44. The number of allylic oxidation sites excluding steroid dienone is 4. The van der Waals surface area contributed by atoms with Crippen LogP contribution in [-0.2, 0) is 0 Å². The molecule has 0 aliphatic carbocycles. The van der Waals surface area contributed by atoms with E-state index in [2.05, 4.69) is 19.9 Å². The van der Waals surface area contributed by atoms with Gasteiger partial charge in [-0.1, -0.05) is 32.4 Å². The molecule has 0 bridgehead atoms. The minimum absolute atomic E-state index is 0.663. The van der Waals surface area contributed by atoms with Gasteiger partial charge in [0, 0.05) is 5.70 Å². The van der Waals surface area contributed by atoms with Gasteiger partial charge in [0.2, 0.25) is 0 Å². The van der Waals surface area contributed by atoms with Crippen LogP contribution in [-0.4, -0.2) is 0 Å². The van der Waals surface area contributed by atoms with Crippen molar-refractivity contribution in [3.63, 3.8) is 0 Å². The van der Waals surface area contributed by atoms with Gasteiger partial charge in [-0.15, -0.1) is 0 Å². The first-order chi connectivity index (χ1) is 4.66. The normalized spacial score (nSPS) is 16.1. The van der Waals surface area contributed by atoms with Crippen LogP contribution in [0.3, 0.4) is 0 Å². The first-order valence-corrected chi connectivity index (χ1v) is 3.77. The van der Waals surface area contributed by atoms with Crippen molar-refractivity contribution < 1.29 is 0 Å². The fourth-order valence-corrected chi connectivity index (χ4v) is 0.533. The van der Waals surface area contributed by atoms with Crippen molar-refractivity contribution in [3.8, 4) is 0 Å². The van der Waals surface area contributed by atoms with Gasteiger partial charge in [0.25, 0.3) is 0 Å². The topological polar surface area (TPSA) is 26.0 Å². The van der Waals surface area contributed by atoms with Gasteiger partial charge >= 0.3 is 0 Å². The third kappa shape index (κ3) is 5.42. The van der Waals surface area contributed by atoms with E-state index in [0.29, 0.717) is 5.92 Å². The van der Waals surface area contributed by atoms with Crippen LogP contribution in [0.15, 0.2) is 23.9 Å². The Bertz CT molecular complexity index is 130. The SMILES string of the molecule is CCC(C)/C=C\C=C(\C)N. The lowest BCUT2D eigenvalue weighted by Gasteiger charge is -1.96. The van der Waals surface area contributed by atoms with Crippen molar-refractivity contribution in [1.82, 2.24) is 0 Å². The Balaban J connectivity index is 3.66. The number of nitrogens with two attached hydrogens (primary N) is 1. The molecule has 1 heteroatoms. The molecule has 2 N–H and O–H groups in total. The van der Waals surface area contributed by atoms with Crippen molar-refractivity contribution >= 4 is 0 Å². The summed E-state index contributed by atoms with van der Waals surface area (Å²) < 4.78 is 0. The van der Waals surface area contributed by atoms with E-state index in [0.717, 1.165) is 5.70 Å². The van der Waals surface area contributed by atoms with Gasteiger partial charge in [-0.25, -0.2) is 0 Å². The van der Waals surface area contributed by atoms with Gasteiger partial charge in [0.15, 0.2) is 0 Å². The maximum atomic E-state index is 5.43. The monoisotopic (exact) mass is 139 g/mol. The van der Waals surface area contributed by atoms with E-state index in [-0.39, 0.29) is 0 Å². The second-order valence-corrected chi connectivity index (χ2v) is 2.68. The van der Waals surface area contributed by atoms with Crippen molar-refractivity contribution in [2.24, 2.45) is 11.7 Å². The highest BCUT2D eigenvalue weighted by Gasteiger charge is 1.87. The molecule has 0 aromatic rings. The van der Waals surface area contributed by atoms with Crippen LogP contribution in [0.25, 0.3) is 0 Å². The van der Waals surface area contributed by atoms with Gasteiger partial charge in [0.1, 0.15) is 0 Å². The molecule has 0 aliphatic rings. The molecule has 1 atom stereocenters. The lowest BCUT2D eigenvalue weighted by molar-refractivity contribution is 0.698. The van der Waals surface area contributed by atoms with Crippen LogP contribution in [0.5, 0.6) is 0 Å². The highest BCUT2D eigenvalue weighted by atomic mass is 14.5. The summed E-state index contributed by atoms with van der Waals surface area (Å²) in [5.74, 6) is 0.663. The standard InChI is InChI=1S/C9H17N/c1-4-8(2)6-5-7-9(3)10/h5-8H,4,10H2,1-3H3/b6-5-,9-7-. The summed E-state index contributed by atoms with van der Waals surface area (Å²) >= 11 is 0. The van der Waals surface area contributed by atoms with Crippen LogP contribution in [0.2, 0.25) is 0 Å². The Kier molecular flexibility index (Phi) is 4.73. The molecule has 0 fully saturated rings. The van der Waals surface area contributed by atoms with Crippen LogP contribution in [0.4, 0.5) is 0 Å². The van der Waals surface area contributed by atoms with Crippen LogP contribution >= 0.6 is 0 Å². The van der Waals surface area contributed by atoms with Gasteiger partial charge in [0.05, 0.1) is 0 Å². The Morgan fingerprint density at radius 1 is 1.60 bits per heavy atom. The molecule has 0 rings (SSSR count). The fraction of sp³-hybridized carbons (Fsp3) is 0.556. The van der Waals surface area contributed by atoms with E-state index in [1.807, 2.05) is 19.1 Å². The number of hydrogen-bond acceptors (Lipinski definition) is 1. The van der Waals surface area contributed by atoms with E-state index in [9.17, 15) is 0 Å². The Hall–Kier alpha value is -0.720. The largest absolute Gasteiger partial charge is 0.402 e. The fourth-order valence-electron chi connectivity index (χ4n) is 0.533. The van der Waals surface area contributed by atoms with E-state index in [1.165, 1.54) is 6.42 Å². The van der Waals surface area contributed by atoms with Gasteiger partial charge in [-0.05, 0) is 18.9 Å². The summed E-state index contributed by atoms with van der Waals surface area (Å²) in [6.45, 7) is 6.26. The van der Waals surface area contributed by atoms with Crippen LogP contribution < -0.4 is 5.73 Å². The molecule has 0 aromatic carbocycles. The molecule has 1 unspecified atom stereocenters. The van der Waals surface area contributed by atoms with Gasteiger partial charge in [-0.2, -0.15) is 0 Å². The second-order valence-electron chi connectivity index (χ2n) is 2.68. The van der Waals surface area contributed by atoms with Crippen molar-refractivity contribution in [2.45, 2.75) is 27.2 Å². The van der Waals surface area contributed by atoms with Crippen LogP contribution in [0.1, 0.15) is 27.2 Å². The minimum Gasteiger partial charge on any atom is -0.402 e. The average molecular weight is 139 g/mol. The quantitative estimate of drug-likeness (QED) is 0.597. The molecule has 0 aromatic heterocycles. The predicted octanol–water partition coefficient (Wildman–Crippen LogP) is 2.45. The Morgan fingerprint density at radius 3 is 2.60 bits per heavy atom. The van der Waals surface area contributed by atoms with Crippen LogP contribution in [0, 0.1) is 5.92 Å². The lowest BCUT2D eigenvalue weighted by atomic mass is 10.1. The van der Waals surface area contributed by atoms with E-state index >= 15 is 0 Å². The molecule has 0 radical (unpaired) electrons. The first-order valence-electron chi connectivity index (χ1n) is 3.77. The van der Waals surface area contributed by atoms with Crippen molar-refractivity contribution in [3.05, 3.63) is 23.9 Å². The Morgan fingerprint density at radius 2 is 2.20 bits per heavy atom. The van der Waals surface area contributed by atoms with E-state index in [1.54, 1.807) is 0 Å². The summed E-state index contributed by atoms with van der Waals surface area (Å²) in [6.07, 6.45) is 7.29. The highest BCUT2D eigenvalue weighted by Crippen LogP contribution is 2.01. The molecule has 58 valence electrons. The first kappa shape index (κ1) is 9.28. The molecule has 0 aliphatic heterocycles. The molecule has 1 nitrogen and oxygen atoms in total. The van der Waals surface area contributed by atoms with E-state index in [4.69, 9.17) is 5.73 Å². The predicted molar refractivity (Wildman–Crippen MR) is 46.5 cm³/mol. The molecular weight excluding hydrogens is 122 g/mol. The van der Waals surface area contributed by atoms with Gasteiger partial charge < -0.3 is 5.73 Å². The molecule has 0 saturated heterocycles. The second kappa shape index (κ2) is 5.10. The lowest BCUT2D eigenvalue weighted by Crippen LogP contribution is -1.88. The maximum absolute atomic E-state index is 5.43. The summed E-state index contributed by atoms with van der Waals surface area (Å²) in [4.78, 5) is 0. The smallest absolute Gasteiger partial charge is 0.00487 e. The minimum atomic E-state index is 0.663. The van der Waals surface area contributed by atoms with Gasteiger partial charge in [-0.3, -0.25) is 0 Å². The Labute approximate surface area is 63.6 Å². The van der Waals surface area contributed by atoms with Crippen molar-refractivity contribution in [1.29, 1.82) is 0 Å². The zero-order chi connectivity index (χ0) is 7.98. The maximum Gasteiger partial charge on any atom is 0.00487 e. The molecule has 0 heterocycles. The summed E-state index contributed by atoms with van der Waals surface area (Å²) in [5.41, 5.74) is 6.29. The molecule has 0 spiro atoms. The number of hydrogen-bond donors (Lipinski definition) is 1. The highest BCUT2D eigenvalue weighted by molar-refractivity contribution is 5.08. The summed E-state index contributed by atoms with van der Waals surface area (Å²) in [7, 11) is 0. The third-order valence-corrected chi connectivity index (χ3v) is 1.44.